The van der Waals surface area contributed by atoms with Crippen LogP contribution in [-0.4, -0.2) is 22.1 Å². The monoisotopic (exact) mass is 527 g/mol. The zero-order valence-electron chi connectivity index (χ0n) is 20.1. The van der Waals surface area contributed by atoms with Crippen molar-refractivity contribution in [1.82, 2.24) is 15.5 Å². The quantitative estimate of drug-likeness (QED) is 0.181. The number of urea groups is 1. The molecule has 0 spiro atoms. The third-order valence-corrected chi connectivity index (χ3v) is 7.35. The van der Waals surface area contributed by atoms with E-state index in [2.05, 4.69) is 26.1 Å². The van der Waals surface area contributed by atoms with Gasteiger partial charge in [0, 0.05) is 28.2 Å². The first-order chi connectivity index (χ1) is 18.0. The Morgan fingerprint density at radius 1 is 1.03 bits per heavy atom. The molecule has 37 heavy (non-hydrogen) atoms. The second kappa shape index (κ2) is 11.2. The van der Waals surface area contributed by atoms with E-state index in [1.165, 1.54) is 0 Å². The van der Waals surface area contributed by atoms with Crippen LogP contribution in [0, 0.1) is 6.92 Å². The number of aromatic amines is 1. The van der Waals surface area contributed by atoms with Crippen LogP contribution < -0.4 is 16.0 Å². The minimum Gasteiger partial charge on any atom is -0.334 e. The zero-order valence-corrected chi connectivity index (χ0v) is 21.7. The van der Waals surface area contributed by atoms with Gasteiger partial charge in [-0.1, -0.05) is 24.3 Å². The predicted octanol–water partition coefficient (Wildman–Crippen LogP) is 6.67. The molecule has 5 aromatic rings. The molecule has 0 unspecified atom stereocenters. The van der Waals surface area contributed by atoms with Crippen molar-refractivity contribution in [3.05, 3.63) is 98.0 Å². The Balaban J connectivity index is 1.27. The number of hydrogen-bond acceptors (Lipinski definition) is 5. The fourth-order valence-corrected chi connectivity index (χ4v) is 5.24. The number of benzene rings is 2. The van der Waals surface area contributed by atoms with Gasteiger partial charge in [0.1, 0.15) is 0 Å². The Kier molecular flexibility index (Phi) is 7.43. The normalized spacial score (nSPS) is 11.2. The highest BCUT2D eigenvalue weighted by Gasteiger charge is 2.11. The molecular weight excluding hydrogens is 502 g/mol. The Morgan fingerprint density at radius 2 is 1.95 bits per heavy atom. The maximum absolute atomic E-state index is 12.5. The predicted molar refractivity (Wildman–Crippen MR) is 153 cm³/mol. The number of hydrogen-bond donors (Lipinski definition) is 4. The topological polar surface area (TPSA) is 98.9 Å². The van der Waals surface area contributed by atoms with Crippen molar-refractivity contribution in [2.24, 2.45) is 0 Å². The van der Waals surface area contributed by atoms with Crippen LogP contribution in [0.4, 0.5) is 16.2 Å². The highest BCUT2D eigenvalue weighted by atomic mass is 32.1. The Labute approximate surface area is 222 Å². The summed E-state index contributed by atoms with van der Waals surface area (Å²) in [7, 11) is 0. The van der Waals surface area contributed by atoms with E-state index in [1.54, 1.807) is 22.7 Å². The summed E-state index contributed by atoms with van der Waals surface area (Å²) in [6.07, 6.45) is 4.21. The summed E-state index contributed by atoms with van der Waals surface area (Å²) in [5.74, 6) is -0.0471. The number of H-pyrrole nitrogens is 1. The fraction of sp³-hybridized carbons (Fsp3) is 0.107. The number of carbonyl (C=O) groups excluding carboxylic acids is 2. The maximum atomic E-state index is 12.5. The molecule has 0 aliphatic rings. The van der Waals surface area contributed by atoms with E-state index in [9.17, 15) is 9.59 Å². The van der Waals surface area contributed by atoms with Crippen LogP contribution in [0.15, 0.2) is 70.7 Å². The second-order valence-corrected chi connectivity index (χ2v) is 10.3. The van der Waals surface area contributed by atoms with Gasteiger partial charge >= 0.3 is 6.03 Å². The first-order valence-electron chi connectivity index (χ1n) is 11.7. The molecule has 0 aliphatic heterocycles. The molecule has 0 saturated heterocycles. The average molecular weight is 528 g/mol. The number of anilines is 2. The van der Waals surface area contributed by atoms with Gasteiger partial charge in [-0.3, -0.25) is 9.89 Å². The van der Waals surface area contributed by atoms with Gasteiger partial charge in [0.2, 0.25) is 5.91 Å². The van der Waals surface area contributed by atoms with Crippen LogP contribution in [-0.2, 0) is 17.8 Å². The molecule has 3 aromatic heterocycles. The number of fused-ring (bicyclic) bond motifs is 1. The van der Waals surface area contributed by atoms with Crippen LogP contribution in [0.2, 0.25) is 0 Å². The van der Waals surface area contributed by atoms with Crippen molar-refractivity contribution in [1.29, 1.82) is 0 Å². The standard InChI is InChI=1S/C28H25N5O2S2/c1-18-12-26-23(15-25(18)31-27(34)14-22-6-3-10-37-22)24(32-33-26)8-7-19-4-2-5-21(13-19)30-28(35)29-16-20-9-11-36-17-20/h2-13,15,17H,14,16H2,1H3,(H,31,34)(H,32,33)(H2,29,30,35). The van der Waals surface area contributed by atoms with Crippen LogP contribution >= 0.6 is 22.7 Å². The molecule has 5 rings (SSSR count). The fourth-order valence-electron chi connectivity index (χ4n) is 3.87. The lowest BCUT2D eigenvalue weighted by molar-refractivity contribution is -0.115. The summed E-state index contributed by atoms with van der Waals surface area (Å²) >= 11 is 3.17. The van der Waals surface area contributed by atoms with E-state index in [0.29, 0.717) is 18.7 Å². The molecule has 7 nitrogen and oxygen atoms in total. The number of aryl methyl sites for hydroxylation is 1. The van der Waals surface area contributed by atoms with Gasteiger partial charge in [-0.15, -0.1) is 11.3 Å². The molecule has 0 aliphatic carbocycles. The minimum absolute atomic E-state index is 0.0471. The van der Waals surface area contributed by atoms with E-state index in [4.69, 9.17) is 0 Å². The number of aromatic nitrogens is 2. The third kappa shape index (κ3) is 6.32. The summed E-state index contributed by atoms with van der Waals surface area (Å²) in [5.41, 5.74) is 6.07. The Bertz CT molecular complexity index is 1550. The van der Waals surface area contributed by atoms with Crippen LogP contribution in [0.5, 0.6) is 0 Å². The molecule has 3 amide bonds. The number of thiophene rings is 2. The molecule has 0 atom stereocenters. The van der Waals surface area contributed by atoms with Crippen LogP contribution in [0.25, 0.3) is 23.1 Å². The van der Waals surface area contributed by atoms with Crippen LogP contribution in [0.1, 0.15) is 27.3 Å². The first kappa shape index (κ1) is 24.5. The van der Waals surface area contributed by atoms with Gasteiger partial charge in [0.05, 0.1) is 17.6 Å². The van der Waals surface area contributed by atoms with Crippen LogP contribution in [0.3, 0.4) is 0 Å². The lowest BCUT2D eigenvalue weighted by Crippen LogP contribution is -2.27. The molecule has 0 saturated carbocycles. The first-order valence-corrected chi connectivity index (χ1v) is 13.5. The van der Waals surface area contributed by atoms with Gasteiger partial charge in [-0.05, 0) is 82.2 Å². The van der Waals surface area contributed by atoms with E-state index in [1.807, 2.05) is 89.8 Å². The molecule has 0 fully saturated rings. The van der Waals surface area contributed by atoms with Crippen molar-refractivity contribution < 1.29 is 9.59 Å². The average Bonchev–Trinajstić information content (AvgIpc) is 3.65. The molecule has 186 valence electrons. The summed E-state index contributed by atoms with van der Waals surface area (Å²) in [6.45, 7) is 2.45. The summed E-state index contributed by atoms with van der Waals surface area (Å²) in [6, 6.07) is 17.2. The highest BCUT2D eigenvalue weighted by molar-refractivity contribution is 7.10. The third-order valence-electron chi connectivity index (χ3n) is 5.74. The molecule has 4 N–H and O–H groups in total. The van der Waals surface area contributed by atoms with E-state index >= 15 is 0 Å². The summed E-state index contributed by atoms with van der Waals surface area (Å²) < 4.78 is 0. The number of rotatable bonds is 8. The summed E-state index contributed by atoms with van der Waals surface area (Å²) in [4.78, 5) is 25.8. The van der Waals surface area contributed by atoms with E-state index < -0.39 is 0 Å². The molecular formula is C28H25N5O2S2. The largest absolute Gasteiger partial charge is 0.334 e. The Hall–Kier alpha value is -4.21. The smallest absolute Gasteiger partial charge is 0.319 e. The van der Waals surface area contributed by atoms with Gasteiger partial charge in [-0.25, -0.2) is 4.79 Å². The van der Waals surface area contributed by atoms with Crippen molar-refractivity contribution in [3.63, 3.8) is 0 Å². The van der Waals surface area contributed by atoms with Crippen molar-refractivity contribution >= 4 is 69.0 Å². The van der Waals surface area contributed by atoms with E-state index in [-0.39, 0.29) is 11.9 Å². The van der Waals surface area contributed by atoms with Gasteiger partial charge in [0.15, 0.2) is 0 Å². The van der Waals surface area contributed by atoms with Gasteiger partial charge in [-0.2, -0.15) is 16.4 Å². The second-order valence-electron chi connectivity index (χ2n) is 8.52. The number of carbonyl (C=O) groups is 2. The van der Waals surface area contributed by atoms with Crippen molar-refractivity contribution in [3.8, 4) is 0 Å². The van der Waals surface area contributed by atoms with Gasteiger partial charge < -0.3 is 16.0 Å². The molecule has 2 aromatic carbocycles. The lowest BCUT2D eigenvalue weighted by atomic mass is 10.1. The van der Waals surface area contributed by atoms with E-state index in [0.717, 1.165) is 43.9 Å². The van der Waals surface area contributed by atoms with Gasteiger partial charge in [0.25, 0.3) is 0 Å². The molecule has 3 heterocycles. The lowest BCUT2D eigenvalue weighted by Gasteiger charge is -2.08. The Morgan fingerprint density at radius 3 is 2.76 bits per heavy atom. The zero-order chi connectivity index (χ0) is 25.6. The number of nitrogens with one attached hydrogen (secondary N) is 4. The number of nitrogens with zero attached hydrogens (tertiary/aromatic N) is 1. The van der Waals surface area contributed by atoms with Crippen molar-refractivity contribution in [2.45, 2.75) is 19.9 Å². The highest BCUT2D eigenvalue weighted by Crippen LogP contribution is 2.26. The number of amides is 3. The summed E-state index contributed by atoms with van der Waals surface area (Å²) in [5, 5.41) is 23.2. The maximum Gasteiger partial charge on any atom is 0.319 e. The van der Waals surface area contributed by atoms with Crippen molar-refractivity contribution in [2.75, 3.05) is 10.6 Å². The molecule has 9 heteroatoms. The molecule has 0 bridgehead atoms. The minimum atomic E-state index is -0.255. The molecule has 0 radical (unpaired) electrons. The SMILES string of the molecule is Cc1cc2[nH]nc(C=Cc3cccc(NC(=O)NCc4ccsc4)c3)c2cc1NC(=O)Cc1cccs1.